The van der Waals surface area contributed by atoms with Crippen LogP contribution < -0.4 is 16.0 Å². The Morgan fingerprint density at radius 1 is 1.00 bits per heavy atom. The molecule has 0 fully saturated rings. The van der Waals surface area contributed by atoms with Crippen LogP contribution >= 0.6 is 0 Å². The van der Waals surface area contributed by atoms with Crippen molar-refractivity contribution in [2.24, 2.45) is 14.1 Å². The lowest BCUT2D eigenvalue weighted by atomic mass is 10.1. The lowest BCUT2D eigenvalue weighted by Gasteiger charge is -2.17. The third-order valence-electron chi connectivity index (χ3n) is 4.64. The minimum atomic E-state index is -3.26. The van der Waals surface area contributed by atoms with Crippen LogP contribution in [0, 0.1) is 0 Å². The summed E-state index contributed by atoms with van der Waals surface area (Å²) in [6, 6.07) is 8.86. The largest absolute Gasteiger partial charge is 0.330 e. The van der Waals surface area contributed by atoms with E-state index in [1.54, 1.807) is 19.2 Å². The van der Waals surface area contributed by atoms with Crippen LogP contribution in [-0.4, -0.2) is 48.8 Å². The molecule has 1 aromatic carbocycles. The molecular weight excluding hydrogens is 380 g/mol. The first-order chi connectivity index (χ1) is 13.1. The number of aryl methyl sites for hydroxylation is 1. The van der Waals surface area contributed by atoms with E-state index in [0.717, 1.165) is 48.0 Å². The van der Waals surface area contributed by atoms with Crippen LogP contribution in [-0.2, 0) is 37.0 Å². The molecule has 0 atom stereocenters. The maximum absolute atomic E-state index is 11.9. The van der Waals surface area contributed by atoms with Crippen molar-refractivity contribution in [1.29, 1.82) is 0 Å². The Bertz CT molecular complexity index is 1020. The van der Waals surface area contributed by atoms with Crippen LogP contribution in [0.4, 0.5) is 5.69 Å². The topological polar surface area (TPSA) is 93.4 Å². The molecule has 154 valence electrons. The lowest BCUT2D eigenvalue weighted by molar-refractivity contribution is 0.332. The summed E-state index contributed by atoms with van der Waals surface area (Å²) >= 11 is 0. The molecule has 0 aliphatic carbocycles. The fraction of sp³-hybridized carbons (Fsp3) is 0.474. The van der Waals surface area contributed by atoms with Gasteiger partial charge in [0.05, 0.1) is 6.26 Å². The highest BCUT2D eigenvalue weighted by molar-refractivity contribution is 7.92. The number of anilines is 1. The Hall–Kier alpha value is -2.39. The van der Waals surface area contributed by atoms with Gasteiger partial charge in [0.15, 0.2) is 0 Å². The first-order valence-electron chi connectivity index (χ1n) is 9.08. The van der Waals surface area contributed by atoms with E-state index in [1.165, 1.54) is 17.7 Å². The van der Waals surface area contributed by atoms with Crippen LogP contribution in [0.25, 0.3) is 0 Å². The van der Waals surface area contributed by atoms with Gasteiger partial charge in [-0.1, -0.05) is 12.1 Å². The Morgan fingerprint density at radius 3 is 2.25 bits per heavy atom. The number of likely N-dealkylation sites (N-methyl/N-ethyl adjacent to an activating group) is 1. The normalized spacial score (nSPS) is 11.8. The van der Waals surface area contributed by atoms with E-state index >= 15 is 0 Å². The van der Waals surface area contributed by atoms with Crippen molar-refractivity contribution in [3.63, 3.8) is 0 Å². The van der Waals surface area contributed by atoms with E-state index in [-0.39, 0.29) is 11.2 Å². The predicted molar refractivity (Wildman–Crippen MR) is 111 cm³/mol. The summed E-state index contributed by atoms with van der Waals surface area (Å²) in [4.78, 5) is 25.9. The summed E-state index contributed by atoms with van der Waals surface area (Å²) in [5.41, 5.74) is 1.85. The van der Waals surface area contributed by atoms with Crippen LogP contribution in [0.3, 0.4) is 0 Å². The van der Waals surface area contributed by atoms with Crippen molar-refractivity contribution in [2.75, 3.05) is 31.1 Å². The first kappa shape index (κ1) is 21.9. The summed E-state index contributed by atoms with van der Waals surface area (Å²) in [6.45, 7) is 1.70. The third kappa shape index (κ3) is 6.35. The van der Waals surface area contributed by atoms with E-state index in [4.69, 9.17) is 0 Å². The number of hydrogen-bond acceptors (Lipinski definition) is 5. The predicted octanol–water partition coefficient (Wildman–Crippen LogP) is 0.563. The van der Waals surface area contributed by atoms with Gasteiger partial charge in [-0.25, -0.2) is 13.2 Å². The molecule has 2 rings (SSSR count). The Morgan fingerprint density at radius 2 is 1.64 bits per heavy atom. The van der Waals surface area contributed by atoms with Crippen molar-refractivity contribution < 1.29 is 8.42 Å². The van der Waals surface area contributed by atoms with Crippen molar-refractivity contribution >= 4 is 15.7 Å². The van der Waals surface area contributed by atoms with E-state index in [0.29, 0.717) is 12.1 Å². The van der Waals surface area contributed by atoms with Crippen molar-refractivity contribution in [2.45, 2.75) is 19.3 Å². The molecule has 0 aliphatic rings. The molecule has 1 heterocycles. The fourth-order valence-corrected chi connectivity index (χ4v) is 3.50. The number of hydrogen-bond donors (Lipinski definition) is 1. The number of nitrogens with one attached hydrogen (secondary N) is 1. The van der Waals surface area contributed by atoms with Gasteiger partial charge < -0.3 is 9.47 Å². The molecule has 8 nitrogen and oxygen atoms in total. The fourth-order valence-electron chi connectivity index (χ4n) is 2.93. The molecule has 0 unspecified atom stereocenters. The summed E-state index contributed by atoms with van der Waals surface area (Å²) in [7, 11) is 1.93. The summed E-state index contributed by atoms with van der Waals surface area (Å²) < 4.78 is 27.5. The standard InChI is InChI=1S/C19H28N4O4S/c1-21(12-5-6-17-14-18(24)23(3)19(25)22(17)2)13-11-15-7-9-16(10-8-15)20-28(4,26)27/h7-10,14,20H,5-6,11-13H2,1-4H3. The number of rotatable bonds is 9. The zero-order valence-corrected chi connectivity index (χ0v) is 17.6. The molecule has 28 heavy (non-hydrogen) atoms. The van der Waals surface area contributed by atoms with E-state index in [1.807, 2.05) is 19.2 Å². The minimum absolute atomic E-state index is 0.278. The first-order valence-corrected chi connectivity index (χ1v) is 11.0. The second kappa shape index (κ2) is 9.20. The zero-order valence-electron chi connectivity index (χ0n) is 16.8. The smallest absolute Gasteiger partial charge is 0.306 e. The van der Waals surface area contributed by atoms with Gasteiger partial charge in [0.2, 0.25) is 10.0 Å². The number of benzene rings is 1. The Kier molecular flexibility index (Phi) is 7.20. The highest BCUT2D eigenvalue weighted by Crippen LogP contribution is 2.11. The molecule has 0 spiro atoms. The van der Waals surface area contributed by atoms with Gasteiger partial charge in [-0.2, -0.15) is 0 Å². The molecular formula is C19H28N4O4S. The van der Waals surface area contributed by atoms with Gasteiger partial charge in [-0.15, -0.1) is 0 Å². The maximum Gasteiger partial charge on any atom is 0.330 e. The quantitative estimate of drug-likeness (QED) is 0.655. The number of sulfonamides is 1. The van der Waals surface area contributed by atoms with Gasteiger partial charge in [0.1, 0.15) is 0 Å². The Balaban J connectivity index is 1.81. The molecule has 0 amide bonds. The molecule has 1 N–H and O–H groups in total. The van der Waals surface area contributed by atoms with Crippen LogP contribution in [0.15, 0.2) is 39.9 Å². The lowest BCUT2D eigenvalue weighted by Crippen LogP contribution is -2.38. The molecule has 0 saturated carbocycles. The second-order valence-electron chi connectivity index (χ2n) is 7.10. The summed E-state index contributed by atoms with van der Waals surface area (Å²) in [5.74, 6) is 0. The van der Waals surface area contributed by atoms with E-state index in [9.17, 15) is 18.0 Å². The monoisotopic (exact) mass is 408 g/mol. The highest BCUT2D eigenvalue weighted by atomic mass is 32.2. The van der Waals surface area contributed by atoms with Gasteiger partial charge in [0.25, 0.3) is 5.56 Å². The molecule has 1 aromatic heterocycles. The minimum Gasteiger partial charge on any atom is -0.306 e. The molecule has 0 saturated heterocycles. The highest BCUT2D eigenvalue weighted by Gasteiger charge is 2.07. The van der Waals surface area contributed by atoms with Gasteiger partial charge >= 0.3 is 5.69 Å². The SMILES string of the molecule is CN(CCCc1cc(=O)n(C)c(=O)n1C)CCc1ccc(NS(C)(=O)=O)cc1. The molecule has 0 bridgehead atoms. The van der Waals surface area contributed by atoms with Crippen LogP contribution in [0.1, 0.15) is 17.7 Å². The number of nitrogens with zero attached hydrogens (tertiary/aromatic N) is 3. The maximum atomic E-state index is 11.9. The van der Waals surface area contributed by atoms with E-state index < -0.39 is 10.0 Å². The third-order valence-corrected chi connectivity index (χ3v) is 5.24. The van der Waals surface area contributed by atoms with Gasteiger partial charge in [-0.05, 0) is 50.6 Å². The van der Waals surface area contributed by atoms with Gasteiger partial charge in [0, 0.05) is 38.1 Å². The average Bonchev–Trinajstić information content (AvgIpc) is 2.62. The van der Waals surface area contributed by atoms with Gasteiger partial charge in [-0.3, -0.25) is 14.1 Å². The average molecular weight is 409 g/mol. The van der Waals surface area contributed by atoms with Crippen molar-refractivity contribution in [3.05, 3.63) is 62.4 Å². The van der Waals surface area contributed by atoms with Crippen LogP contribution in [0.2, 0.25) is 0 Å². The van der Waals surface area contributed by atoms with Crippen molar-refractivity contribution in [1.82, 2.24) is 14.0 Å². The summed E-state index contributed by atoms with van der Waals surface area (Å²) in [6.07, 6.45) is 3.48. The molecule has 0 aliphatic heterocycles. The van der Waals surface area contributed by atoms with Crippen LogP contribution in [0.5, 0.6) is 0 Å². The second-order valence-corrected chi connectivity index (χ2v) is 8.85. The summed E-state index contributed by atoms with van der Waals surface area (Å²) in [5, 5.41) is 0. The van der Waals surface area contributed by atoms with Crippen molar-refractivity contribution in [3.8, 4) is 0 Å². The zero-order chi connectivity index (χ0) is 20.9. The molecule has 0 radical (unpaired) electrons. The Labute approximate surface area is 165 Å². The molecule has 9 heteroatoms. The molecule has 2 aromatic rings. The number of aromatic nitrogens is 2. The van der Waals surface area contributed by atoms with E-state index in [2.05, 4.69) is 9.62 Å².